The van der Waals surface area contributed by atoms with Crippen molar-refractivity contribution in [2.24, 2.45) is 11.1 Å². The van der Waals surface area contributed by atoms with Gasteiger partial charge in [0.2, 0.25) is 10.0 Å². The Morgan fingerprint density at radius 3 is 2.48 bits per heavy atom. The van der Waals surface area contributed by atoms with Gasteiger partial charge >= 0.3 is 0 Å². The maximum atomic E-state index is 11.3. The van der Waals surface area contributed by atoms with Crippen LogP contribution in [-0.2, 0) is 10.0 Å². The van der Waals surface area contributed by atoms with Crippen LogP contribution < -0.4 is 15.8 Å². The van der Waals surface area contributed by atoms with E-state index in [0.29, 0.717) is 11.6 Å². The van der Waals surface area contributed by atoms with Gasteiger partial charge in [-0.2, -0.15) is 0 Å². The first-order valence-corrected chi connectivity index (χ1v) is 8.64. The van der Waals surface area contributed by atoms with Crippen molar-refractivity contribution in [1.82, 2.24) is 4.90 Å². The number of rotatable bonds is 4. The molecule has 1 aromatic carbocycles. The minimum absolute atomic E-state index is 0.0523. The zero-order valence-electron chi connectivity index (χ0n) is 12.6. The smallest absolute Gasteiger partial charge is 0.238 e. The minimum atomic E-state index is -3.71. The minimum Gasteiger partial charge on any atom is -0.397 e. The molecule has 1 fully saturated rings. The molecule has 0 saturated carbocycles. The highest BCUT2D eigenvalue weighted by atomic mass is 32.2. The highest BCUT2D eigenvalue weighted by Gasteiger charge is 2.19. The van der Waals surface area contributed by atoms with Crippen molar-refractivity contribution in [3.05, 3.63) is 18.2 Å². The van der Waals surface area contributed by atoms with E-state index in [9.17, 15) is 8.42 Å². The Morgan fingerprint density at radius 2 is 1.95 bits per heavy atom. The molecule has 1 aliphatic rings. The Hall–Kier alpha value is -1.31. The normalized spacial score (nSPS) is 17.9. The van der Waals surface area contributed by atoms with Crippen molar-refractivity contribution >= 4 is 21.4 Å². The fourth-order valence-electron chi connectivity index (χ4n) is 2.79. The van der Waals surface area contributed by atoms with E-state index < -0.39 is 10.0 Å². The maximum absolute atomic E-state index is 11.3. The van der Waals surface area contributed by atoms with Gasteiger partial charge in [0.25, 0.3) is 0 Å². The van der Waals surface area contributed by atoms with Gasteiger partial charge in [0, 0.05) is 13.6 Å². The molecule has 0 spiro atoms. The number of nitrogens with zero attached hydrogens (tertiary/aromatic N) is 2. The number of benzene rings is 1. The Morgan fingerprint density at radius 1 is 1.33 bits per heavy atom. The van der Waals surface area contributed by atoms with Gasteiger partial charge in [0.15, 0.2) is 0 Å². The number of hydrogen-bond acceptors (Lipinski definition) is 5. The molecule has 0 aliphatic carbocycles. The zero-order chi connectivity index (χ0) is 15.6. The van der Waals surface area contributed by atoms with E-state index >= 15 is 0 Å². The molecule has 1 aromatic rings. The lowest BCUT2D eigenvalue weighted by molar-refractivity contribution is 0.222. The summed E-state index contributed by atoms with van der Waals surface area (Å²) in [5.41, 5.74) is 7.27. The quantitative estimate of drug-likeness (QED) is 0.798. The number of piperidine rings is 1. The summed E-state index contributed by atoms with van der Waals surface area (Å²) in [7, 11) is 0.424. The van der Waals surface area contributed by atoms with Gasteiger partial charge in [0.05, 0.1) is 16.3 Å². The molecule has 118 valence electrons. The van der Waals surface area contributed by atoms with Crippen molar-refractivity contribution in [2.45, 2.75) is 17.7 Å². The van der Waals surface area contributed by atoms with Crippen molar-refractivity contribution in [3.8, 4) is 0 Å². The van der Waals surface area contributed by atoms with E-state index in [2.05, 4.69) is 16.8 Å². The number of nitrogen functional groups attached to an aromatic ring is 1. The third-order valence-corrected chi connectivity index (χ3v) is 5.02. The van der Waals surface area contributed by atoms with Crippen molar-refractivity contribution in [1.29, 1.82) is 0 Å². The summed E-state index contributed by atoms with van der Waals surface area (Å²) in [6.07, 6.45) is 2.35. The lowest BCUT2D eigenvalue weighted by Crippen LogP contribution is -2.35. The lowest BCUT2D eigenvalue weighted by atomic mass is 9.96. The Bertz CT molecular complexity index is 595. The Kier molecular flexibility index (Phi) is 4.75. The monoisotopic (exact) mass is 312 g/mol. The second-order valence-electron chi connectivity index (χ2n) is 5.89. The van der Waals surface area contributed by atoms with Gasteiger partial charge in [0.1, 0.15) is 0 Å². The van der Waals surface area contributed by atoms with E-state index in [4.69, 9.17) is 10.9 Å². The highest BCUT2D eigenvalue weighted by Crippen LogP contribution is 2.27. The summed E-state index contributed by atoms with van der Waals surface area (Å²) in [4.78, 5) is 4.49. The summed E-state index contributed by atoms with van der Waals surface area (Å²) in [5.74, 6) is 0.642. The van der Waals surface area contributed by atoms with Crippen LogP contribution in [0.15, 0.2) is 23.1 Å². The third-order valence-electron chi connectivity index (χ3n) is 4.11. The molecule has 0 bridgehead atoms. The molecule has 4 N–H and O–H groups in total. The predicted octanol–water partition coefficient (Wildman–Crippen LogP) is 0.694. The van der Waals surface area contributed by atoms with Crippen molar-refractivity contribution in [2.75, 3.05) is 44.4 Å². The zero-order valence-corrected chi connectivity index (χ0v) is 13.4. The van der Waals surface area contributed by atoms with Gasteiger partial charge in [-0.1, -0.05) is 0 Å². The summed E-state index contributed by atoms with van der Waals surface area (Å²) in [6.45, 7) is 3.17. The molecule has 0 aromatic heterocycles. The predicted molar refractivity (Wildman–Crippen MR) is 85.7 cm³/mol. The number of likely N-dealkylation sites (tertiary alicyclic amines) is 1. The van der Waals surface area contributed by atoms with Crippen LogP contribution in [0.25, 0.3) is 0 Å². The molecule has 1 aliphatic heterocycles. The molecule has 7 heteroatoms. The fraction of sp³-hybridized carbons (Fsp3) is 0.571. The number of anilines is 2. The molecule has 0 radical (unpaired) electrons. The SMILES string of the molecule is CN1CCC(CN(C)c2ccc(S(N)(=O)=O)cc2N)CC1. The summed E-state index contributed by atoms with van der Waals surface area (Å²) >= 11 is 0. The molecule has 6 nitrogen and oxygen atoms in total. The van der Waals surface area contributed by atoms with Crippen LogP contribution >= 0.6 is 0 Å². The van der Waals surface area contributed by atoms with Crippen molar-refractivity contribution in [3.63, 3.8) is 0 Å². The number of sulfonamides is 1. The number of hydrogen-bond donors (Lipinski definition) is 2. The van der Waals surface area contributed by atoms with Crippen LogP contribution in [0.2, 0.25) is 0 Å². The van der Waals surface area contributed by atoms with E-state index in [-0.39, 0.29) is 4.90 Å². The van der Waals surface area contributed by atoms with Crippen LogP contribution in [0, 0.1) is 5.92 Å². The topological polar surface area (TPSA) is 92.7 Å². The first kappa shape index (κ1) is 16.1. The number of nitrogens with two attached hydrogens (primary N) is 2. The van der Waals surface area contributed by atoms with E-state index in [1.165, 1.54) is 25.0 Å². The Balaban J connectivity index is 2.07. The number of primary sulfonamides is 1. The molecule has 0 amide bonds. The Labute approximate surface area is 126 Å². The largest absolute Gasteiger partial charge is 0.397 e. The third kappa shape index (κ3) is 4.09. The van der Waals surface area contributed by atoms with Crippen LogP contribution in [0.3, 0.4) is 0 Å². The second-order valence-corrected chi connectivity index (χ2v) is 7.45. The molecular formula is C14H24N4O2S. The molecule has 2 rings (SSSR count). The average molecular weight is 312 g/mol. The molecule has 1 saturated heterocycles. The van der Waals surface area contributed by atoms with Gasteiger partial charge in [-0.15, -0.1) is 0 Å². The maximum Gasteiger partial charge on any atom is 0.238 e. The van der Waals surface area contributed by atoms with Gasteiger partial charge < -0.3 is 15.5 Å². The second kappa shape index (κ2) is 6.21. The highest BCUT2D eigenvalue weighted by molar-refractivity contribution is 7.89. The van der Waals surface area contributed by atoms with Crippen LogP contribution in [0.4, 0.5) is 11.4 Å². The average Bonchev–Trinajstić information content (AvgIpc) is 2.40. The fourth-order valence-corrected chi connectivity index (χ4v) is 3.34. The molecule has 1 heterocycles. The first-order chi connectivity index (χ1) is 9.77. The first-order valence-electron chi connectivity index (χ1n) is 7.09. The summed E-state index contributed by atoms with van der Waals surface area (Å²) in [5, 5.41) is 5.11. The summed E-state index contributed by atoms with van der Waals surface area (Å²) in [6, 6.07) is 4.66. The molecule has 21 heavy (non-hydrogen) atoms. The lowest BCUT2D eigenvalue weighted by Gasteiger charge is -2.32. The van der Waals surface area contributed by atoms with Gasteiger partial charge in [-0.25, -0.2) is 13.6 Å². The summed E-state index contributed by atoms with van der Waals surface area (Å²) < 4.78 is 22.6. The molecular weight excluding hydrogens is 288 g/mol. The van der Waals surface area contributed by atoms with E-state index in [1.54, 1.807) is 6.07 Å². The van der Waals surface area contributed by atoms with Crippen LogP contribution in [0.5, 0.6) is 0 Å². The molecule has 0 unspecified atom stereocenters. The molecule has 0 atom stereocenters. The van der Waals surface area contributed by atoms with E-state index in [0.717, 1.165) is 25.3 Å². The van der Waals surface area contributed by atoms with Gasteiger partial charge in [-0.05, 0) is 57.1 Å². The standard InChI is InChI=1S/C14H24N4O2S/c1-17-7-5-11(6-8-17)10-18(2)14-4-3-12(9-13(14)15)21(16,19)20/h3-4,9,11H,5-8,10,15H2,1-2H3,(H2,16,19,20). The van der Waals surface area contributed by atoms with Gasteiger partial charge in [-0.3, -0.25) is 0 Å². The van der Waals surface area contributed by atoms with Crippen LogP contribution in [0.1, 0.15) is 12.8 Å². The van der Waals surface area contributed by atoms with Crippen LogP contribution in [-0.4, -0.2) is 47.0 Å². The van der Waals surface area contributed by atoms with Crippen molar-refractivity contribution < 1.29 is 8.42 Å². The van der Waals surface area contributed by atoms with E-state index in [1.807, 2.05) is 7.05 Å².